The molecule has 1 aromatic heterocycles. The quantitative estimate of drug-likeness (QED) is 0.728. The van der Waals surface area contributed by atoms with Crippen molar-refractivity contribution in [3.05, 3.63) is 77.6 Å². The standard InChI is InChI=1S/C17H13N5O3S/c18-10-13-6-8-14(9-7-13)12-26(24,25)20-17(23)16-11-22(21-19-16)15-4-2-1-3-5-15/h1-9,11H,12H2,(H,20,23). The number of amides is 1. The fraction of sp³-hybridized carbons (Fsp3) is 0.0588. The molecule has 8 nitrogen and oxygen atoms in total. The van der Waals surface area contributed by atoms with Crippen molar-refractivity contribution in [3.63, 3.8) is 0 Å². The minimum absolute atomic E-state index is 0.114. The van der Waals surface area contributed by atoms with E-state index >= 15 is 0 Å². The molecule has 130 valence electrons. The van der Waals surface area contributed by atoms with Crippen LogP contribution in [0.1, 0.15) is 21.6 Å². The Bertz CT molecular complexity index is 1070. The molecule has 2 aromatic carbocycles. The van der Waals surface area contributed by atoms with E-state index in [1.54, 1.807) is 24.3 Å². The number of nitrogens with one attached hydrogen (secondary N) is 1. The zero-order valence-electron chi connectivity index (χ0n) is 13.4. The number of hydrogen-bond acceptors (Lipinski definition) is 6. The van der Waals surface area contributed by atoms with Crippen LogP contribution in [0.3, 0.4) is 0 Å². The van der Waals surface area contributed by atoms with Crippen LogP contribution in [0, 0.1) is 11.3 Å². The molecule has 0 aliphatic carbocycles. The number of rotatable bonds is 5. The summed E-state index contributed by atoms with van der Waals surface area (Å²) in [6.45, 7) is 0. The molecule has 3 aromatic rings. The van der Waals surface area contributed by atoms with Gasteiger partial charge in [0.1, 0.15) is 0 Å². The third-order valence-electron chi connectivity index (χ3n) is 3.43. The number of nitrogens with zero attached hydrogens (tertiary/aromatic N) is 4. The first-order chi connectivity index (χ1) is 12.5. The fourth-order valence-corrected chi connectivity index (χ4v) is 3.29. The summed E-state index contributed by atoms with van der Waals surface area (Å²) in [7, 11) is -3.92. The first kappa shape index (κ1) is 17.3. The lowest BCUT2D eigenvalue weighted by atomic mass is 10.2. The molecule has 9 heteroatoms. The third kappa shape index (κ3) is 4.12. The monoisotopic (exact) mass is 367 g/mol. The van der Waals surface area contributed by atoms with Crippen LogP contribution in [0.4, 0.5) is 0 Å². The highest BCUT2D eigenvalue weighted by Crippen LogP contribution is 2.09. The van der Waals surface area contributed by atoms with E-state index in [0.29, 0.717) is 16.8 Å². The zero-order valence-corrected chi connectivity index (χ0v) is 14.2. The van der Waals surface area contributed by atoms with Crippen molar-refractivity contribution >= 4 is 15.9 Å². The second kappa shape index (κ2) is 7.16. The van der Waals surface area contributed by atoms with Gasteiger partial charge < -0.3 is 0 Å². The van der Waals surface area contributed by atoms with E-state index in [1.165, 1.54) is 35.1 Å². The van der Waals surface area contributed by atoms with Gasteiger partial charge in [-0.1, -0.05) is 35.5 Å². The number of hydrogen-bond donors (Lipinski definition) is 1. The van der Waals surface area contributed by atoms with E-state index < -0.39 is 21.7 Å². The van der Waals surface area contributed by atoms with Crippen LogP contribution in [0.25, 0.3) is 5.69 Å². The Kier molecular flexibility index (Phi) is 4.77. The molecule has 0 aliphatic rings. The van der Waals surface area contributed by atoms with Crippen molar-refractivity contribution in [2.24, 2.45) is 0 Å². The highest BCUT2D eigenvalue weighted by molar-refractivity contribution is 7.89. The van der Waals surface area contributed by atoms with Crippen molar-refractivity contribution in [1.29, 1.82) is 5.26 Å². The Balaban J connectivity index is 1.70. The summed E-state index contributed by atoms with van der Waals surface area (Å²) in [5.74, 6) is -1.25. The number of carbonyl (C=O) groups excluding carboxylic acids is 1. The van der Waals surface area contributed by atoms with Gasteiger partial charge in [0.2, 0.25) is 10.0 Å². The molecule has 0 unspecified atom stereocenters. The predicted molar refractivity (Wildman–Crippen MR) is 92.6 cm³/mol. The third-order valence-corrected chi connectivity index (χ3v) is 4.64. The van der Waals surface area contributed by atoms with Crippen LogP contribution < -0.4 is 4.72 Å². The Morgan fingerprint density at radius 2 is 1.81 bits per heavy atom. The molecule has 0 fully saturated rings. The first-order valence-electron chi connectivity index (χ1n) is 7.48. The molecule has 0 radical (unpaired) electrons. The van der Waals surface area contributed by atoms with Gasteiger partial charge in [0.05, 0.1) is 29.3 Å². The van der Waals surface area contributed by atoms with Gasteiger partial charge in [-0.2, -0.15) is 5.26 Å². The minimum Gasteiger partial charge on any atom is -0.266 e. The Labute approximate surface area is 149 Å². The van der Waals surface area contributed by atoms with Crippen LogP contribution in [0.15, 0.2) is 60.8 Å². The number of carbonyl (C=O) groups is 1. The number of nitriles is 1. The molecule has 3 rings (SSSR count). The SMILES string of the molecule is N#Cc1ccc(CS(=O)(=O)NC(=O)c2cn(-c3ccccc3)nn2)cc1. The van der Waals surface area contributed by atoms with Crippen molar-refractivity contribution in [2.75, 3.05) is 0 Å². The van der Waals surface area contributed by atoms with E-state index in [-0.39, 0.29) is 5.69 Å². The number of para-hydroxylation sites is 1. The van der Waals surface area contributed by atoms with Crippen molar-refractivity contribution in [3.8, 4) is 11.8 Å². The molecule has 0 aliphatic heterocycles. The lowest BCUT2D eigenvalue weighted by Gasteiger charge is -2.05. The van der Waals surface area contributed by atoms with Crippen LogP contribution >= 0.6 is 0 Å². The van der Waals surface area contributed by atoms with E-state index in [4.69, 9.17) is 5.26 Å². The molecule has 0 saturated heterocycles. The molecule has 0 saturated carbocycles. The van der Waals surface area contributed by atoms with Crippen LogP contribution in [-0.4, -0.2) is 29.3 Å². The minimum atomic E-state index is -3.92. The molecule has 1 heterocycles. The van der Waals surface area contributed by atoms with Gasteiger partial charge in [-0.15, -0.1) is 5.10 Å². The number of benzene rings is 2. The maximum Gasteiger partial charge on any atom is 0.286 e. The highest BCUT2D eigenvalue weighted by Gasteiger charge is 2.19. The molecule has 0 spiro atoms. The summed E-state index contributed by atoms with van der Waals surface area (Å²) in [4.78, 5) is 12.1. The second-order valence-electron chi connectivity index (χ2n) is 5.38. The van der Waals surface area contributed by atoms with Gasteiger partial charge in [-0.3, -0.25) is 4.79 Å². The second-order valence-corrected chi connectivity index (χ2v) is 7.11. The summed E-state index contributed by atoms with van der Waals surface area (Å²) < 4.78 is 27.7. The average Bonchev–Trinajstić information content (AvgIpc) is 3.13. The van der Waals surface area contributed by atoms with Gasteiger partial charge in [-0.25, -0.2) is 17.8 Å². The molecule has 0 bridgehead atoms. The summed E-state index contributed by atoms with van der Waals surface area (Å²) in [6.07, 6.45) is 1.35. The Morgan fingerprint density at radius 3 is 2.46 bits per heavy atom. The molecular formula is C17H13N5O3S. The summed E-state index contributed by atoms with van der Waals surface area (Å²) in [5, 5.41) is 16.3. The first-order valence-corrected chi connectivity index (χ1v) is 9.14. The van der Waals surface area contributed by atoms with E-state index in [2.05, 4.69) is 10.3 Å². The summed E-state index contributed by atoms with van der Waals surface area (Å²) in [6, 6.07) is 17.0. The normalized spacial score (nSPS) is 10.9. The van der Waals surface area contributed by atoms with E-state index in [0.717, 1.165) is 0 Å². The van der Waals surface area contributed by atoms with E-state index in [1.807, 2.05) is 16.9 Å². The lowest BCUT2D eigenvalue weighted by molar-refractivity contribution is 0.0976. The smallest absolute Gasteiger partial charge is 0.266 e. The van der Waals surface area contributed by atoms with Crippen molar-refractivity contribution < 1.29 is 13.2 Å². The fourth-order valence-electron chi connectivity index (χ4n) is 2.20. The molecule has 1 N–H and O–H groups in total. The molecule has 0 atom stereocenters. The molecular weight excluding hydrogens is 354 g/mol. The van der Waals surface area contributed by atoms with Gasteiger partial charge in [-0.05, 0) is 29.8 Å². The highest BCUT2D eigenvalue weighted by atomic mass is 32.2. The Hall–Kier alpha value is -3.51. The average molecular weight is 367 g/mol. The topological polar surface area (TPSA) is 118 Å². The van der Waals surface area contributed by atoms with E-state index in [9.17, 15) is 13.2 Å². The zero-order chi connectivity index (χ0) is 18.6. The number of aromatic nitrogens is 3. The predicted octanol–water partition coefficient (Wildman–Crippen LogP) is 1.40. The van der Waals surface area contributed by atoms with Gasteiger partial charge >= 0.3 is 0 Å². The van der Waals surface area contributed by atoms with Gasteiger partial charge in [0, 0.05) is 0 Å². The molecule has 1 amide bonds. The van der Waals surface area contributed by atoms with Crippen molar-refractivity contribution in [1.82, 2.24) is 19.7 Å². The van der Waals surface area contributed by atoms with Crippen LogP contribution in [0.2, 0.25) is 0 Å². The largest absolute Gasteiger partial charge is 0.286 e. The van der Waals surface area contributed by atoms with Crippen LogP contribution in [-0.2, 0) is 15.8 Å². The lowest BCUT2D eigenvalue weighted by Crippen LogP contribution is -2.31. The van der Waals surface area contributed by atoms with Crippen LogP contribution in [0.5, 0.6) is 0 Å². The molecule has 26 heavy (non-hydrogen) atoms. The van der Waals surface area contributed by atoms with Crippen molar-refractivity contribution in [2.45, 2.75) is 5.75 Å². The van der Waals surface area contributed by atoms with Gasteiger partial charge in [0.15, 0.2) is 5.69 Å². The summed E-state index contributed by atoms with van der Waals surface area (Å²) in [5.41, 5.74) is 1.46. The maximum atomic E-state index is 12.2. The number of sulfonamides is 1. The summed E-state index contributed by atoms with van der Waals surface area (Å²) >= 11 is 0. The van der Waals surface area contributed by atoms with Gasteiger partial charge in [0.25, 0.3) is 5.91 Å². The Morgan fingerprint density at radius 1 is 1.12 bits per heavy atom. The maximum absolute atomic E-state index is 12.2.